The lowest BCUT2D eigenvalue weighted by atomic mass is 10.2. The van der Waals surface area contributed by atoms with Gasteiger partial charge in [-0.05, 0) is 6.92 Å². The fourth-order valence-electron chi connectivity index (χ4n) is 0.404. The van der Waals surface area contributed by atoms with E-state index in [4.69, 9.17) is 10.3 Å². The second-order valence-electron chi connectivity index (χ2n) is 2.76. The molecule has 1 unspecified atom stereocenters. The summed E-state index contributed by atoms with van der Waals surface area (Å²) in [4.78, 5) is 0. The first kappa shape index (κ1) is 18.6. The zero-order chi connectivity index (χ0) is 14.5. The molecule has 4 nitrogen and oxygen atoms in total. The van der Waals surface area contributed by atoms with Crippen LogP contribution in [-0.2, 0) is 10.1 Å². The third kappa shape index (κ3) is 4.56. The Hall–Kier alpha value is -0.740. The molecule has 0 aromatic rings. The molecule has 0 fully saturated rings. The Kier molecular flexibility index (Phi) is 6.86. The van der Waals surface area contributed by atoms with Gasteiger partial charge < -0.3 is 5.73 Å². The molecule has 1 atom stereocenters. The predicted molar refractivity (Wildman–Crippen MR) is 51.3 cm³/mol. The lowest BCUT2D eigenvalue weighted by molar-refractivity contribution is -0.192. The van der Waals surface area contributed by atoms with Gasteiger partial charge in [-0.1, -0.05) is 6.08 Å². The monoisotopic (exact) mass is 285 g/mol. The molecule has 17 heavy (non-hydrogen) atoms. The van der Waals surface area contributed by atoms with E-state index in [0.29, 0.717) is 6.54 Å². The van der Waals surface area contributed by atoms with Crippen LogP contribution in [-0.4, -0.2) is 36.9 Å². The van der Waals surface area contributed by atoms with Gasteiger partial charge in [-0.25, -0.2) is 4.39 Å². The summed E-state index contributed by atoms with van der Waals surface area (Å²) >= 11 is 0. The largest absolute Gasteiger partial charge is 0.434 e. The molecule has 0 radical (unpaired) electrons. The molecular formula is C7H12F5NO3S. The second kappa shape index (κ2) is 6.26. The van der Waals surface area contributed by atoms with Crippen molar-refractivity contribution in [3.63, 3.8) is 0 Å². The molecule has 0 bridgehead atoms. The van der Waals surface area contributed by atoms with Crippen molar-refractivity contribution in [1.82, 2.24) is 0 Å². The Balaban J connectivity index is 0. The fourth-order valence-corrected chi connectivity index (χ4v) is 0.910. The van der Waals surface area contributed by atoms with Crippen LogP contribution in [0.5, 0.6) is 0 Å². The van der Waals surface area contributed by atoms with Crippen molar-refractivity contribution in [3.8, 4) is 0 Å². The van der Waals surface area contributed by atoms with E-state index in [1.807, 2.05) is 0 Å². The molecule has 10 heteroatoms. The van der Waals surface area contributed by atoms with Crippen molar-refractivity contribution in [2.24, 2.45) is 5.73 Å². The highest BCUT2D eigenvalue weighted by molar-refractivity contribution is 7.87. The van der Waals surface area contributed by atoms with Crippen LogP contribution >= 0.6 is 0 Å². The Bertz CT molecular complexity index is 341. The van der Waals surface area contributed by atoms with Crippen LogP contribution in [0, 0.1) is 0 Å². The van der Waals surface area contributed by atoms with Crippen LogP contribution in [0.2, 0.25) is 0 Å². The third-order valence-corrected chi connectivity index (χ3v) is 2.30. The lowest BCUT2D eigenvalue weighted by Gasteiger charge is -2.24. The number of halogens is 5. The van der Waals surface area contributed by atoms with Gasteiger partial charge in [-0.15, -0.1) is 6.58 Å². The van der Waals surface area contributed by atoms with E-state index in [-0.39, 0.29) is 6.92 Å². The van der Waals surface area contributed by atoms with Gasteiger partial charge in [0.25, 0.3) is 0 Å². The van der Waals surface area contributed by atoms with Crippen LogP contribution in [0.1, 0.15) is 6.92 Å². The number of rotatable bonds is 4. The summed E-state index contributed by atoms with van der Waals surface area (Å²) in [6, 6.07) is 0. The first-order valence-electron chi connectivity index (χ1n) is 4.03. The lowest BCUT2D eigenvalue weighted by Crippen LogP contribution is -2.51. The van der Waals surface area contributed by atoms with Crippen LogP contribution in [0.25, 0.3) is 0 Å². The summed E-state index contributed by atoms with van der Waals surface area (Å²) in [6.45, 7) is 3.99. The van der Waals surface area contributed by atoms with Crippen molar-refractivity contribution in [1.29, 1.82) is 0 Å². The first-order chi connectivity index (χ1) is 7.36. The van der Waals surface area contributed by atoms with E-state index in [9.17, 15) is 30.4 Å². The Morgan fingerprint density at radius 3 is 1.76 bits per heavy atom. The summed E-state index contributed by atoms with van der Waals surface area (Å²) < 4.78 is 87.7. The minimum absolute atomic E-state index is 0.0547. The molecule has 0 rings (SSSR count). The third-order valence-electron chi connectivity index (χ3n) is 1.38. The van der Waals surface area contributed by atoms with E-state index < -0.39 is 27.5 Å². The number of alkyl halides is 5. The van der Waals surface area contributed by atoms with Crippen molar-refractivity contribution < 1.29 is 34.9 Å². The molecule has 0 aliphatic carbocycles. The van der Waals surface area contributed by atoms with Gasteiger partial charge in [0.1, 0.15) is 0 Å². The molecule has 0 amide bonds. The molecular weight excluding hydrogens is 273 g/mol. The number of nitrogens with two attached hydrogens (primary N) is 1. The quantitative estimate of drug-likeness (QED) is 0.467. The summed E-state index contributed by atoms with van der Waals surface area (Å²) in [6.07, 6.45) is -1.75. The van der Waals surface area contributed by atoms with Gasteiger partial charge in [-0.3, -0.25) is 4.55 Å². The Morgan fingerprint density at radius 1 is 1.41 bits per heavy atom. The standard InChI is InChI=1S/C4H5F5O3S.C3H7N/c1-2(5)3(6,7)4(8,9)13(10,11)12;1-2-3-4/h2H,1H3,(H,10,11,12);2H,1,3-4H2. The molecule has 3 N–H and O–H groups in total. The fraction of sp³-hybridized carbons (Fsp3) is 0.714. The van der Waals surface area contributed by atoms with Gasteiger partial charge in [0.05, 0.1) is 0 Å². The highest BCUT2D eigenvalue weighted by atomic mass is 32.2. The normalized spacial score (nSPS) is 14.6. The zero-order valence-corrected chi connectivity index (χ0v) is 9.52. The summed E-state index contributed by atoms with van der Waals surface area (Å²) in [5.74, 6) is -5.46. The van der Waals surface area contributed by atoms with E-state index in [1.54, 1.807) is 6.08 Å². The van der Waals surface area contributed by atoms with Crippen LogP contribution in [0.15, 0.2) is 12.7 Å². The average molecular weight is 285 g/mol. The molecule has 104 valence electrons. The molecule has 0 aliphatic rings. The van der Waals surface area contributed by atoms with Crippen molar-refractivity contribution in [2.45, 2.75) is 24.3 Å². The van der Waals surface area contributed by atoms with Crippen molar-refractivity contribution >= 4 is 10.1 Å². The van der Waals surface area contributed by atoms with Gasteiger partial charge in [0, 0.05) is 6.54 Å². The minimum atomic E-state index is -6.33. The predicted octanol–water partition coefficient (Wildman–Crippen LogP) is 1.59. The van der Waals surface area contributed by atoms with E-state index in [2.05, 4.69) is 6.58 Å². The van der Waals surface area contributed by atoms with Crippen LogP contribution in [0.3, 0.4) is 0 Å². The van der Waals surface area contributed by atoms with Gasteiger partial charge in [-0.2, -0.15) is 26.0 Å². The van der Waals surface area contributed by atoms with E-state index in [1.165, 1.54) is 0 Å². The highest BCUT2D eigenvalue weighted by Gasteiger charge is 2.68. The highest BCUT2D eigenvalue weighted by Crippen LogP contribution is 2.41. The maximum Gasteiger partial charge on any atom is 0.434 e. The molecule has 0 heterocycles. The molecule has 0 aromatic carbocycles. The summed E-state index contributed by atoms with van der Waals surface area (Å²) in [7, 11) is -6.33. The van der Waals surface area contributed by atoms with E-state index in [0.717, 1.165) is 0 Å². The summed E-state index contributed by atoms with van der Waals surface area (Å²) in [5.41, 5.74) is 4.91. The van der Waals surface area contributed by atoms with Gasteiger partial charge in [0.2, 0.25) is 0 Å². The number of hydrogen-bond donors (Lipinski definition) is 2. The average Bonchev–Trinajstić information content (AvgIpc) is 2.16. The smallest absolute Gasteiger partial charge is 0.327 e. The molecule has 0 saturated heterocycles. The van der Waals surface area contributed by atoms with Crippen LogP contribution < -0.4 is 5.73 Å². The van der Waals surface area contributed by atoms with Gasteiger partial charge >= 0.3 is 21.3 Å². The summed E-state index contributed by atoms with van der Waals surface area (Å²) in [5, 5.41) is -5.83. The van der Waals surface area contributed by atoms with Crippen molar-refractivity contribution in [3.05, 3.63) is 12.7 Å². The molecule has 0 aromatic heterocycles. The minimum Gasteiger partial charge on any atom is -0.327 e. The molecule has 0 saturated carbocycles. The molecule has 0 spiro atoms. The Labute approximate surface area is 95.0 Å². The maximum absolute atomic E-state index is 12.2. The van der Waals surface area contributed by atoms with Gasteiger partial charge in [0.15, 0.2) is 6.17 Å². The second-order valence-corrected chi connectivity index (χ2v) is 4.22. The topological polar surface area (TPSA) is 80.4 Å². The zero-order valence-electron chi connectivity index (χ0n) is 8.71. The van der Waals surface area contributed by atoms with Crippen LogP contribution in [0.4, 0.5) is 22.0 Å². The molecule has 0 aliphatic heterocycles. The number of hydrogen-bond acceptors (Lipinski definition) is 3. The first-order valence-corrected chi connectivity index (χ1v) is 5.48. The van der Waals surface area contributed by atoms with E-state index >= 15 is 0 Å². The maximum atomic E-state index is 12.2. The Morgan fingerprint density at radius 2 is 1.71 bits per heavy atom. The van der Waals surface area contributed by atoms with Crippen molar-refractivity contribution in [2.75, 3.05) is 6.54 Å². The SMILES string of the molecule is C=CCN.CC(F)C(F)(F)C(F)(F)S(=O)(=O)O.